The van der Waals surface area contributed by atoms with Gasteiger partial charge in [-0.3, -0.25) is 0 Å². The zero-order valence-electron chi connectivity index (χ0n) is 14.2. The van der Waals surface area contributed by atoms with Crippen molar-refractivity contribution in [3.8, 4) is 0 Å². The molecule has 1 saturated heterocycles. The molecule has 1 saturated carbocycles. The largest absolute Gasteiger partial charge is 0.444 e. The van der Waals surface area contributed by atoms with Crippen molar-refractivity contribution in [1.29, 1.82) is 0 Å². The van der Waals surface area contributed by atoms with Crippen LogP contribution in [-0.2, 0) is 4.74 Å². The molecule has 0 aromatic carbocycles. The van der Waals surface area contributed by atoms with Crippen LogP contribution in [0.25, 0.3) is 0 Å². The summed E-state index contributed by atoms with van der Waals surface area (Å²) in [5, 5.41) is 3.81. The van der Waals surface area contributed by atoms with Gasteiger partial charge in [-0.2, -0.15) is 0 Å². The minimum atomic E-state index is -0.416. The minimum Gasteiger partial charge on any atom is -0.444 e. The van der Waals surface area contributed by atoms with Crippen molar-refractivity contribution in [2.24, 2.45) is 0 Å². The lowest BCUT2D eigenvalue weighted by Crippen LogP contribution is -2.57. The first-order valence-corrected chi connectivity index (χ1v) is 8.62. The quantitative estimate of drug-likeness (QED) is 0.845. The van der Waals surface area contributed by atoms with E-state index >= 15 is 0 Å². The van der Waals surface area contributed by atoms with Gasteiger partial charge in [0.25, 0.3) is 0 Å². The number of likely N-dealkylation sites (tertiary alicyclic amines) is 1. The summed E-state index contributed by atoms with van der Waals surface area (Å²) in [6.07, 6.45) is 8.70. The fourth-order valence-corrected chi connectivity index (χ4v) is 3.52. The summed E-state index contributed by atoms with van der Waals surface area (Å²) in [6, 6.07) is 1.27. The van der Waals surface area contributed by atoms with Crippen molar-refractivity contribution in [3.63, 3.8) is 0 Å². The van der Waals surface area contributed by atoms with Crippen molar-refractivity contribution in [3.05, 3.63) is 0 Å². The van der Waals surface area contributed by atoms with E-state index < -0.39 is 5.60 Å². The molecule has 2 unspecified atom stereocenters. The summed E-state index contributed by atoms with van der Waals surface area (Å²) in [5.74, 6) is 0. The fourth-order valence-electron chi connectivity index (χ4n) is 3.52. The molecule has 122 valence electrons. The van der Waals surface area contributed by atoms with E-state index in [2.05, 4.69) is 12.2 Å². The zero-order chi connectivity index (χ0) is 15.5. The smallest absolute Gasteiger partial charge is 0.410 e. The number of piperidine rings is 1. The summed E-state index contributed by atoms with van der Waals surface area (Å²) in [6.45, 7) is 8.76. The van der Waals surface area contributed by atoms with Crippen LogP contribution < -0.4 is 5.32 Å². The molecule has 1 N–H and O–H groups in total. The number of carbonyl (C=O) groups is 1. The van der Waals surface area contributed by atoms with Gasteiger partial charge in [0.2, 0.25) is 0 Å². The second kappa shape index (κ2) is 6.99. The van der Waals surface area contributed by atoms with E-state index in [1.807, 2.05) is 25.7 Å². The Kier molecular flexibility index (Phi) is 5.53. The Labute approximate surface area is 129 Å². The van der Waals surface area contributed by atoms with E-state index in [9.17, 15) is 4.79 Å². The first-order valence-electron chi connectivity index (χ1n) is 8.62. The molecule has 1 amide bonds. The third kappa shape index (κ3) is 4.87. The molecule has 2 fully saturated rings. The van der Waals surface area contributed by atoms with Crippen LogP contribution in [0, 0.1) is 0 Å². The van der Waals surface area contributed by atoms with Crippen LogP contribution in [0.4, 0.5) is 4.79 Å². The molecule has 0 aromatic heterocycles. The number of rotatable bonds is 2. The van der Waals surface area contributed by atoms with Crippen molar-refractivity contribution in [2.45, 2.75) is 96.4 Å². The maximum Gasteiger partial charge on any atom is 0.410 e. The van der Waals surface area contributed by atoms with Crippen LogP contribution >= 0.6 is 0 Å². The molecule has 1 heterocycles. The Morgan fingerprint density at radius 2 is 1.76 bits per heavy atom. The van der Waals surface area contributed by atoms with Crippen molar-refractivity contribution in [2.75, 3.05) is 6.54 Å². The SMILES string of the molecule is CC1C(NC2CCCCC2)CCCN1C(=O)OC(C)(C)C. The van der Waals surface area contributed by atoms with Crippen LogP contribution in [0.3, 0.4) is 0 Å². The molecule has 2 aliphatic rings. The van der Waals surface area contributed by atoms with Crippen LogP contribution in [0.2, 0.25) is 0 Å². The zero-order valence-corrected chi connectivity index (χ0v) is 14.2. The molecule has 21 heavy (non-hydrogen) atoms. The van der Waals surface area contributed by atoms with Gasteiger partial charge >= 0.3 is 6.09 Å². The normalized spacial score (nSPS) is 28.5. The number of hydrogen-bond donors (Lipinski definition) is 1. The van der Waals surface area contributed by atoms with Gasteiger partial charge in [0.15, 0.2) is 0 Å². The van der Waals surface area contributed by atoms with Crippen molar-refractivity contribution < 1.29 is 9.53 Å². The Bertz CT molecular complexity index is 345. The maximum atomic E-state index is 12.3. The highest BCUT2D eigenvalue weighted by Crippen LogP contribution is 2.24. The average Bonchev–Trinajstić information content (AvgIpc) is 2.40. The Morgan fingerprint density at radius 3 is 2.38 bits per heavy atom. The van der Waals surface area contributed by atoms with E-state index in [-0.39, 0.29) is 12.1 Å². The van der Waals surface area contributed by atoms with E-state index in [0.717, 1.165) is 19.4 Å². The molecule has 2 atom stereocenters. The number of hydrogen-bond acceptors (Lipinski definition) is 3. The van der Waals surface area contributed by atoms with Gasteiger partial charge in [0, 0.05) is 24.7 Å². The topological polar surface area (TPSA) is 41.6 Å². The standard InChI is InChI=1S/C17H32N2O2/c1-13-15(18-14-9-6-5-7-10-14)11-8-12-19(13)16(20)21-17(2,3)4/h13-15,18H,5-12H2,1-4H3. The van der Waals surface area contributed by atoms with Crippen LogP contribution in [0.15, 0.2) is 0 Å². The number of amides is 1. The van der Waals surface area contributed by atoms with E-state index in [0.29, 0.717) is 12.1 Å². The van der Waals surface area contributed by atoms with E-state index in [1.165, 1.54) is 32.1 Å². The number of nitrogens with zero attached hydrogens (tertiary/aromatic N) is 1. The second-order valence-electron chi connectivity index (χ2n) is 7.66. The first kappa shape index (κ1) is 16.6. The summed E-state index contributed by atoms with van der Waals surface area (Å²) >= 11 is 0. The first-order chi connectivity index (χ1) is 9.87. The molecule has 0 bridgehead atoms. The van der Waals surface area contributed by atoms with Gasteiger partial charge in [-0.15, -0.1) is 0 Å². The average molecular weight is 296 g/mol. The molecule has 2 rings (SSSR count). The molecule has 4 nitrogen and oxygen atoms in total. The van der Waals surface area contributed by atoms with Gasteiger partial charge in [-0.05, 0) is 53.4 Å². The van der Waals surface area contributed by atoms with Gasteiger partial charge in [0.05, 0.1) is 0 Å². The molecular formula is C17H32N2O2. The lowest BCUT2D eigenvalue weighted by atomic mass is 9.91. The second-order valence-corrected chi connectivity index (χ2v) is 7.66. The monoisotopic (exact) mass is 296 g/mol. The van der Waals surface area contributed by atoms with Gasteiger partial charge in [-0.1, -0.05) is 19.3 Å². The minimum absolute atomic E-state index is 0.162. The predicted octanol–water partition coefficient (Wildman–Crippen LogP) is 3.70. The highest BCUT2D eigenvalue weighted by atomic mass is 16.6. The summed E-state index contributed by atoms with van der Waals surface area (Å²) in [5.41, 5.74) is -0.416. The number of ether oxygens (including phenoxy) is 1. The molecule has 0 radical (unpaired) electrons. The molecular weight excluding hydrogens is 264 g/mol. The Balaban J connectivity index is 1.90. The summed E-state index contributed by atoms with van der Waals surface area (Å²) in [7, 11) is 0. The Morgan fingerprint density at radius 1 is 1.10 bits per heavy atom. The van der Waals surface area contributed by atoms with Crippen LogP contribution in [-0.4, -0.2) is 41.3 Å². The van der Waals surface area contributed by atoms with Gasteiger partial charge < -0.3 is 15.0 Å². The van der Waals surface area contributed by atoms with Crippen LogP contribution in [0.1, 0.15) is 72.6 Å². The van der Waals surface area contributed by atoms with Gasteiger partial charge in [0.1, 0.15) is 5.60 Å². The van der Waals surface area contributed by atoms with Crippen molar-refractivity contribution >= 4 is 6.09 Å². The molecule has 0 aromatic rings. The number of carbonyl (C=O) groups excluding carboxylic acids is 1. The summed E-state index contributed by atoms with van der Waals surface area (Å²) in [4.78, 5) is 14.2. The van der Waals surface area contributed by atoms with Crippen LogP contribution in [0.5, 0.6) is 0 Å². The maximum absolute atomic E-state index is 12.3. The number of nitrogens with one attached hydrogen (secondary N) is 1. The van der Waals surface area contributed by atoms with Crippen molar-refractivity contribution in [1.82, 2.24) is 10.2 Å². The lowest BCUT2D eigenvalue weighted by Gasteiger charge is -2.42. The van der Waals surface area contributed by atoms with E-state index in [1.54, 1.807) is 0 Å². The highest BCUT2D eigenvalue weighted by molar-refractivity contribution is 5.68. The van der Waals surface area contributed by atoms with Gasteiger partial charge in [-0.25, -0.2) is 4.79 Å². The molecule has 4 heteroatoms. The Hall–Kier alpha value is -0.770. The highest BCUT2D eigenvalue weighted by Gasteiger charge is 2.34. The predicted molar refractivity (Wildman–Crippen MR) is 85.4 cm³/mol. The third-order valence-electron chi connectivity index (χ3n) is 4.67. The van der Waals surface area contributed by atoms with E-state index in [4.69, 9.17) is 4.74 Å². The lowest BCUT2D eigenvalue weighted by molar-refractivity contribution is 0.00599. The molecule has 0 spiro atoms. The molecule has 1 aliphatic carbocycles. The summed E-state index contributed by atoms with van der Waals surface area (Å²) < 4.78 is 5.55. The molecule has 1 aliphatic heterocycles. The fraction of sp³-hybridized carbons (Fsp3) is 0.941. The third-order valence-corrected chi connectivity index (χ3v) is 4.67.